The van der Waals surface area contributed by atoms with Crippen LogP contribution in [-0.2, 0) is 24.8 Å². The first kappa shape index (κ1) is 38.7. The fraction of sp³-hybridized carbons (Fsp3) is 0.333. The third-order valence-electron chi connectivity index (χ3n) is 7.64. The second kappa shape index (κ2) is 17.7. The molecule has 2 aromatic heterocycles. The molecule has 0 aliphatic carbocycles. The SMILES string of the molecule is [C-]#[N+]c1c(N)nc(SCc2coc(-c3ccc(Cl)cc3)n2)c(C#N)c1-c1ccc(OC[C@@H](COC(=O)[C@@H](N)C(C)C)OC(=O)[C@@H](N)C(C)C)cc1. The molecule has 51 heavy (non-hydrogen) atoms. The number of nitrogen functional groups attached to an aromatic ring is 1. The monoisotopic (exact) mass is 731 g/mol. The maximum absolute atomic E-state index is 12.6. The van der Waals surface area contributed by atoms with E-state index in [4.69, 9.17) is 54.0 Å². The van der Waals surface area contributed by atoms with Crippen molar-refractivity contribution in [1.29, 1.82) is 5.26 Å². The molecule has 0 aliphatic heterocycles. The van der Waals surface area contributed by atoms with Gasteiger partial charge in [0.25, 0.3) is 0 Å². The third-order valence-corrected chi connectivity index (χ3v) is 8.90. The molecule has 3 atom stereocenters. The van der Waals surface area contributed by atoms with E-state index >= 15 is 0 Å². The molecule has 0 saturated heterocycles. The van der Waals surface area contributed by atoms with Gasteiger partial charge in [-0.3, -0.25) is 9.59 Å². The highest BCUT2D eigenvalue weighted by Gasteiger charge is 2.27. The molecule has 0 unspecified atom stereocenters. The number of hydrogen-bond acceptors (Lipinski definition) is 13. The fourth-order valence-corrected chi connectivity index (χ4v) is 5.49. The molecule has 4 aromatic rings. The molecule has 0 saturated carbocycles. The van der Waals surface area contributed by atoms with E-state index < -0.39 is 30.1 Å². The van der Waals surface area contributed by atoms with Crippen LogP contribution in [0.15, 0.2) is 64.2 Å². The van der Waals surface area contributed by atoms with Gasteiger partial charge in [-0.25, -0.2) is 14.8 Å². The summed E-state index contributed by atoms with van der Waals surface area (Å²) in [5, 5.41) is 11.1. The number of carbonyl (C=O) groups excluding carboxylic acids is 2. The molecule has 266 valence electrons. The van der Waals surface area contributed by atoms with E-state index in [1.807, 2.05) is 0 Å². The Hall–Kier alpha value is -5.12. The summed E-state index contributed by atoms with van der Waals surface area (Å²) in [5.74, 6) is -0.553. The molecule has 15 heteroatoms. The number of esters is 2. The lowest BCUT2D eigenvalue weighted by Gasteiger charge is -2.23. The van der Waals surface area contributed by atoms with Crippen LogP contribution >= 0.6 is 23.4 Å². The standard InChI is InChI=1S/C36H38ClN7O6S/c1-19(2)29(39)35(45)49-17-26(50-36(46)30(40)20(3)4)16-47-25-12-8-21(9-13-25)28-27(14-38)34(44-32(41)31(28)42-5)51-18-24-15-48-33(43-24)22-6-10-23(37)11-7-22/h6-13,15,19-20,26,29-30H,16-18,39-40H2,1-4H3,(H2,41,44)/t26-,29-,30-/m0/s1. The lowest BCUT2D eigenvalue weighted by molar-refractivity contribution is -0.163. The zero-order valence-electron chi connectivity index (χ0n) is 28.5. The van der Waals surface area contributed by atoms with Crippen molar-refractivity contribution in [2.75, 3.05) is 18.9 Å². The summed E-state index contributed by atoms with van der Waals surface area (Å²) in [6.45, 7) is 14.5. The van der Waals surface area contributed by atoms with E-state index in [9.17, 15) is 14.9 Å². The van der Waals surface area contributed by atoms with E-state index in [0.29, 0.717) is 44.3 Å². The van der Waals surface area contributed by atoms with Gasteiger partial charge in [0.15, 0.2) is 6.10 Å². The third kappa shape index (κ3) is 9.99. The average Bonchev–Trinajstić information content (AvgIpc) is 3.60. The Bertz CT molecular complexity index is 1920. The number of anilines is 1. The Morgan fingerprint density at radius 3 is 2.22 bits per heavy atom. The first-order valence-corrected chi connectivity index (χ1v) is 17.2. The molecule has 0 spiro atoms. The molecule has 4 rings (SSSR count). The van der Waals surface area contributed by atoms with Crippen molar-refractivity contribution in [2.45, 2.75) is 56.7 Å². The van der Waals surface area contributed by atoms with Gasteiger partial charge >= 0.3 is 11.9 Å². The Balaban J connectivity index is 1.51. The van der Waals surface area contributed by atoms with Crippen LogP contribution in [0, 0.1) is 29.7 Å². The molecule has 0 amide bonds. The highest BCUT2D eigenvalue weighted by atomic mass is 35.5. The summed E-state index contributed by atoms with van der Waals surface area (Å²) in [6, 6.07) is 14.1. The first-order chi connectivity index (χ1) is 24.3. The second-order valence-electron chi connectivity index (χ2n) is 12.1. The summed E-state index contributed by atoms with van der Waals surface area (Å²) < 4.78 is 22.4. The van der Waals surface area contributed by atoms with Crippen molar-refractivity contribution in [3.8, 4) is 34.4 Å². The molecule has 0 aliphatic rings. The van der Waals surface area contributed by atoms with Gasteiger partial charge in [0.05, 0.1) is 17.8 Å². The number of thioether (sulfide) groups is 1. The fourth-order valence-electron chi connectivity index (χ4n) is 4.50. The van der Waals surface area contributed by atoms with Crippen LogP contribution in [0.25, 0.3) is 27.4 Å². The van der Waals surface area contributed by atoms with Crippen LogP contribution in [-0.4, -0.2) is 53.3 Å². The van der Waals surface area contributed by atoms with E-state index in [1.165, 1.54) is 18.0 Å². The van der Waals surface area contributed by atoms with Gasteiger partial charge in [-0.1, -0.05) is 63.2 Å². The smallest absolute Gasteiger partial charge is 0.323 e. The zero-order chi connectivity index (χ0) is 37.2. The van der Waals surface area contributed by atoms with Gasteiger partial charge in [0, 0.05) is 21.9 Å². The average molecular weight is 732 g/mol. The lowest BCUT2D eigenvalue weighted by Crippen LogP contribution is -2.43. The molecule has 0 fully saturated rings. The molecular weight excluding hydrogens is 694 g/mol. The summed E-state index contributed by atoms with van der Waals surface area (Å²) in [5.41, 5.74) is 20.5. The predicted molar refractivity (Wildman–Crippen MR) is 194 cm³/mol. The highest BCUT2D eigenvalue weighted by molar-refractivity contribution is 7.98. The number of nitriles is 1. The minimum absolute atomic E-state index is 0.0279. The molecular formula is C36H38ClN7O6S. The summed E-state index contributed by atoms with van der Waals surface area (Å²) in [4.78, 5) is 37.5. The van der Waals surface area contributed by atoms with Gasteiger partial charge in [0.1, 0.15) is 54.2 Å². The van der Waals surface area contributed by atoms with Gasteiger partial charge in [-0.2, -0.15) is 5.26 Å². The molecule has 6 N–H and O–H groups in total. The molecule has 0 radical (unpaired) electrons. The number of pyridine rings is 1. The Kier molecular flexibility index (Phi) is 13.4. The number of aromatic nitrogens is 2. The summed E-state index contributed by atoms with van der Waals surface area (Å²) in [7, 11) is 0. The zero-order valence-corrected chi connectivity index (χ0v) is 30.0. The van der Waals surface area contributed by atoms with E-state index in [-0.39, 0.29) is 42.1 Å². The molecule has 13 nitrogen and oxygen atoms in total. The highest BCUT2D eigenvalue weighted by Crippen LogP contribution is 2.42. The van der Waals surface area contributed by atoms with Gasteiger partial charge < -0.3 is 35.8 Å². The molecule has 0 bridgehead atoms. The van der Waals surface area contributed by atoms with Crippen molar-refractivity contribution in [3.63, 3.8) is 0 Å². The van der Waals surface area contributed by atoms with Gasteiger partial charge in [-0.15, -0.1) is 0 Å². The minimum Gasteiger partial charge on any atom is -0.490 e. The number of rotatable bonds is 15. The topological polar surface area (TPSA) is 207 Å². The number of halogens is 1. The van der Waals surface area contributed by atoms with Crippen molar-refractivity contribution >= 4 is 46.8 Å². The van der Waals surface area contributed by atoms with E-state index in [1.54, 1.807) is 76.2 Å². The van der Waals surface area contributed by atoms with Gasteiger partial charge in [-0.05, 0) is 53.8 Å². The number of carbonyl (C=O) groups is 2. The van der Waals surface area contributed by atoms with Crippen LogP contribution in [0.2, 0.25) is 5.02 Å². The number of oxazole rings is 1. The second-order valence-corrected chi connectivity index (χ2v) is 13.5. The Morgan fingerprint density at radius 1 is 0.980 bits per heavy atom. The number of hydrogen-bond donors (Lipinski definition) is 3. The van der Waals surface area contributed by atoms with Crippen molar-refractivity contribution in [1.82, 2.24) is 9.97 Å². The van der Waals surface area contributed by atoms with Crippen molar-refractivity contribution in [2.24, 2.45) is 23.3 Å². The van der Waals surface area contributed by atoms with Crippen LogP contribution in [0.3, 0.4) is 0 Å². The van der Waals surface area contributed by atoms with Gasteiger partial charge in [0.2, 0.25) is 11.6 Å². The van der Waals surface area contributed by atoms with Crippen LogP contribution in [0.1, 0.15) is 39.0 Å². The predicted octanol–water partition coefficient (Wildman–Crippen LogP) is 6.15. The summed E-state index contributed by atoms with van der Waals surface area (Å²) >= 11 is 7.21. The number of benzene rings is 2. The maximum Gasteiger partial charge on any atom is 0.323 e. The normalized spacial score (nSPS) is 12.8. The largest absolute Gasteiger partial charge is 0.490 e. The summed E-state index contributed by atoms with van der Waals surface area (Å²) in [6.07, 6.45) is 0.546. The first-order valence-electron chi connectivity index (χ1n) is 15.9. The number of nitrogens with zero attached hydrogens (tertiary/aromatic N) is 4. The maximum atomic E-state index is 12.6. The quantitative estimate of drug-likeness (QED) is 0.0713. The van der Waals surface area contributed by atoms with Crippen LogP contribution in [0.4, 0.5) is 11.5 Å². The van der Waals surface area contributed by atoms with E-state index in [2.05, 4.69) is 20.9 Å². The lowest BCUT2D eigenvalue weighted by atomic mass is 10.00. The van der Waals surface area contributed by atoms with Crippen molar-refractivity contribution < 1.29 is 28.2 Å². The minimum atomic E-state index is -0.976. The number of ether oxygens (including phenoxy) is 3. The van der Waals surface area contributed by atoms with Crippen molar-refractivity contribution in [3.05, 3.63) is 82.5 Å². The molecule has 2 heterocycles. The Morgan fingerprint density at radius 2 is 1.61 bits per heavy atom. The van der Waals surface area contributed by atoms with E-state index in [0.717, 1.165) is 5.56 Å². The number of nitrogens with two attached hydrogens (primary N) is 3. The van der Waals surface area contributed by atoms with Crippen LogP contribution in [0.5, 0.6) is 5.75 Å². The van der Waals surface area contributed by atoms with Crippen LogP contribution < -0.4 is 21.9 Å². The molecule has 2 aromatic carbocycles. The Labute approximate surface area is 305 Å².